The largest absolute Gasteiger partial charge is 0.349 e. The number of rotatable bonds is 6. The van der Waals surface area contributed by atoms with Gasteiger partial charge in [-0.05, 0) is 54.0 Å². The summed E-state index contributed by atoms with van der Waals surface area (Å²) in [5.74, 6) is -0.430. The van der Waals surface area contributed by atoms with Gasteiger partial charge in [-0.25, -0.2) is 0 Å². The zero-order valence-electron chi connectivity index (χ0n) is 14.9. The van der Waals surface area contributed by atoms with Crippen LogP contribution in [0.25, 0.3) is 0 Å². The molecule has 0 spiro atoms. The molecule has 1 aliphatic heterocycles. The number of hydrogen-bond donors (Lipinski definition) is 3. The number of aromatic amines is 1. The van der Waals surface area contributed by atoms with E-state index in [0.29, 0.717) is 27.6 Å². The van der Waals surface area contributed by atoms with Crippen molar-refractivity contribution in [3.63, 3.8) is 0 Å². The molecule has 1 aromatic carbocycles. The maximum atomic E-state index is 12.5. The molecule has 2 heterocycles. The van der Waals surface area contributed by atoms with Gasteiger partial charge in [0, 0.05) is 12.6 Å². The molecule has 144 valence electrons. The van der Waals surface area contributed by atoms with Gasteiger partial charge >= 0.3 is 0 Å². The van der Waals surface area contributed by atoms with E-state index >= 15 is 0 Å². The van der Waals surface area contributed by atoms with Crippen molar-refractivity contribution in [1.82, 2.24) is 20.4 Å². The minimum Gasteiger partial charge on any atom is -0.349 e. The summed E-state index contributed by atoms with van der Waals surface area (Å²) in [5, 5.41) is 12.6. The summed E-state index contributed by atoms with van der Waals surface area (Å²) in [6, 6.07) is 7.09. The van der Waals surface area contributed by atoms with Crippen molar-refractivity contribution in [3.05, 3.63) is 45.0 Å². The number of nitrogens with one attached hydrogen (secondary N) is 3. The van der Waals surface area contributed by atoms with E-state index in [4.69, 9.17) is 11.6 Å². The third-order valence-electron chi connectivity index (χ3n) is 4.69. The van der Waals surface area contributed by atoms with Crippen molar-refractivity contribution in [1.29, 1.82) is 0 Å². The minimum absolute atomic E-state index is 0.237. The highest BCUT2D eigenvalue weighted by Gasteiger charge is 2.25. The van der Waals surface area contributed by atoms with Crippen molar-refractivity contribution >= 4 is 45.2 Å². The smallest absolute Gasteiger partial charge is 0.270 e. The number of H-pyrrole nitrogens is 1. The number of aromatic nitrogens is 2. The number of anilines is 1. The normalized spacial score (nSPS) is 17.1. The van der Waals surface area contributed by atoms with Gasteiger partial charge in [0.2, 0.25) is 0 Å². The van der Waals surface area contributed by atoms with Crippen LogP contribution in [0.15, 0.2) is 28.7 Å². The molecule has 1 fully saturated rings. The number of hydrogen-bond acceptors (Lipinski definition) is 4. The standard InChI is InChI=1S/C18H21BrClN5O2/c1-2-25-9-5-6-11(25)10-21-18(27)15-14(19)16(24-23-15)22-17(26)12-7-3-4-8-13(12)20/h3-4,7-8,11H,2,5-6,9-10H2,1H3,(H,21,27)(H2,22,23,24,26). The van der Waals surface area contributed by atoms with E-state index in [1.165, 1.54) is 0 Å². The summed E-state index contributed by atoms with van der Waals surface area (Å²) in [6.07, 6.45) is 2.23. The first-order chi connectivity index (χ1) is 13.0. The SMILES string of the molecule is CCN1CCCC1CNC(=O)c1[nH]nc(NC(=O)c2ccccc2Cl)c1Br. The molecule has 1 unspecified atom stereocenters. The van der Waals surface area contributed by atoms with Crippen LogP contribution in [-0.4, -0.2) is 52.6 Å². The second-order valence-corrected chi connectivity index (χ2v) is 7.53. The van der Waals surface area contributed by atoms with Crippen LogP contribution in [0.4, 0.5) is 5.82 Å². The molecule has 2 amide bonds. The van der Waals surface area contributed by atoms with Crippen LogP contribution >= 0.6 is 27.5 Å². The third-order valence-corrected chi connectivity index (χ3v) is 5.79. The average Bonchev–Trinajstić information content (AvgIpc) is 3.26. The first kappa shape index (κ1) is 19.9. The van der Waals surface area contributed by atoms with Crippen molar-refractivity contribution in [3.8, 4) is 0 Å². The highest BCUT2D eigenvalue weighted by molar-refractivity contribution is 9.10. The molecular formula is C18H21BrClN5O2. The molecule has 0 bridgehead atoms. The first-order valence-electron chi connectivity index (χ1n) is 8.83. The number of amides is 2. The van der Waals surface area contributed by atoms with Crippen molar-refractivity contribution in [2.24, 2.45) is 0 Å². The Kier molecular flexibility index (Phi) is 6.51. The molecule has 1 atom stereocenters. The summed E-state index contributed by atoms with van der Waals surface area (Å²) in [4.78, 5) is 27.2. The van der Waals surface area contributed by atoms with Gasteiger partial charge < -0.3 is 10.6 Å². The lowest BCUT2D eigenvalue weighted by Crippen LogP contribution is -2.40. The second kappa shape index (κ2) is 8.86. The van der Waals surface area contributed by atoms with Crippen LogP contribution in [0.1, 0.15) is 40.6 Å². The third kappa shape index (κ3) is 4.51. The van der Waals surface area contributed by atoms with E-state index in [9.17, 15) is 9.59 Å². The van der Waals surface area contributed by atoms with Gasteiger partial charge in [0.15, 0.2) is 5.82 Å². The summed E-state index contributed by atoms with van der Waals surface area (Å²) in [5.41, 5.74) is 0.603. The predicted molar refractivity (Wildman–Crippen MR) is 108 cm³/mol. The fourth-order valence-electron chi connectivity index (χ4n) is 3.22. The van der Waals surface area contributed by atoms with Crippen LogP contribution in [0.5, 0.6) is 0 Å². The zero-order valence-corrected chi connectivity index (χ0v) is 17.2. The Morgan fingerprint density at radius 3 is 2.89 bits per heavy atom. The summed E-state index contributed by atoms with van der Waals surface area (Å²) < 4.78 is 0.402. The highest BCUT2D eigenvalue weighted by atomic mass is 79.9. The number of carbonyl (C=O) groups is 2. The van der Waals surface area contributed by atoms with Crippen LogP contribution in [-0.2, 0) is 0 Å². The average molecular weight is 455 g/mol. The van der Waals surface area contributed by atoms with Gasteiger partial charge in [-0.2, -0.15) is 5.10 Å². The van der Waals surface area contributed by atoms with Crippen LogP contribution in [0, 0.1) is 0 Å². The Hall–Kier alpha value is -1.90. The topological polar surface area (TPSA) is 90.1 Å². The zero-order chi connectivity index (χ0) is 19.4. The van der Waals surface area contributed by atoms with Gasteiger partial charge in [-0.1, -0.05) is 30.7 Å². The first-order valence-corrected chi connectivity index (χ1v) is 10.00. The number of halogens is 2. The fraction of sp³-hybridized carbons (Fsp3) is 0.389. The van der Waals surface area contributed by atoms with Gasteiger partial charge in [0.1, 0.15) is 5.69 Å². The van der Waals surface area contributed by atoms with Crippen molar-refractivity contribution < 1.29 is 9.59 Å². The Morgan fingerprint density at radius 2 is 2.15 bits per heavy atom. The molecule has 7 nitrogen and oxygen atoms in total. The van der Waals surface area contributed by atoms with Crippen LogP contribution in [0.3, 0.4) is 0 Å². The number of nitrogens with zero attached hydrogens (tertiary/aromatic N) is 2. The molecule has 1 aromatic heterocycles. The molecule has 3 N–H and O–H groups in total. The van der Waals surface area contributed by atoms with E-state index in [1.54, 1.807) is 24.3 Å². The highest BCUT2D eigenvalue weighted by Crippen LogP contribution is 2.25. The van der Waals surface area contributed by atoms with E-state index in [2.05, 4.69) is 48.6 Å². The number of benzene rings is 1. The maximum absolute atomic E-state index is 12.5. The molecule has 3 rings (SSSR count). The molecule has 0 saturated carbocycles. The number of likely N-dealkylation sites (N-methyl/N-ethyl adjacent to an activating group) is 1. The van der Waals surface area contributed by atoms with Gasteiger partial charge in [-0.3, -0.25) is 19.6 Å². The molecule has 0 aliphatic carbocycles. The molecule has 1 aliphatic rings. The van der Waals surface area contributed by atoms with E-state index in [-0.39, 0.29) is 17.4 Å². The Labute approximate surface area is 171 Å². The molecule has 0 radical (unpaired) electrons. The van der Waals surface area contributed by atoms with E-state index < -0.39 is 5.91 Å². The quantitative estimate of drug-likeness (QED) is 0.625. The molecule has 9 heteroatoms. The molecule has 1 saturated heterocycles. The van der Waals surface area contributed by atoms with Gasteiger partial charge in [-0.15, -0.1) is 0 Å². The van der Waals surface area contributed by atoms with Crippen molar-refractivity contribution in [2.75, 3.05) is 25.0 Å². The monoisotopic (exact) mass is 453 g/mol. The van der Waals surface area contributed by atoms with E-state index in [1.807, 2.05) is 0 Å². The Morgan fingerprint density at radius 1 is 1.37 bits per heavy atom. The minimum atomic E-state index is -0.399. The Balaban J connectivity index is 1.63. The number of likely N-dealkylation sites (tertiary alicyclic amines) is 1. The maximum Gasteiger partial charge on any atom is 0.270 e. The summed E-state index contributed by atoms with van der Waals surface area (Å²) >= 11 is 9.38. The predicted octanol–water partition coefficient (Wildman–Crippen LogP) is 3.29. The lowest BCUT2D eigenvalue weighted by molar-refractivity contribution is 0.0934. The van der Waals surface area contributed by atoms with Crippen LogP contribution in [0.2, 0.25) is 5.02 Å². The van der Waals surface area contributed by atoms with Crippen molar-refractivity contribution in [2.45, 2.75) is 25.8 Å². The van der Waals surface area contributed by atoms with Gasteiger partial charge in [0.25, 0.3) is 11.8 Å². The number of carbonyl (C=O) groups excluding carboxylic acids is 2. The fourth-order valence-corrected chi connectivity index (χ4v) is 3.90. The van der Waals surface area contributed by atoms with Crippen LogP contribution < -0.4 is 10.6 Å². The molecule has 2 aromatic rings. The molecular weight excluding hydrogens is 434 g/mol. The summed E-state index contributed by atoms with van der Waals surface area (Å²) in [7, 11) is 0. The molecule has 27 heavy (non-hydrogen) atoms. The lowest BCUT2D eigenvalue weighted by atomic mass is 10.2. The van der Waals surface area contributed by atoms with Gasteiger partial charge in [0.05, 0.1) is 15.1 Å². The Bertz CT molecular complexity index is 841. The van der Waals surface area contributed by atoms with E-state index in [0.717, 1.165) is 25.9 Å². The second-order valence-electron chi connectivity index (χ2n) is 6.33. The summed E-state index contributed by atoms with van der Waals surface area (Å²) in [6.45, 7) is 4.76. The lowest BCUT2D eigenvalue weighted by Gasteiger charge is -2.22.